The third-order valence-corrected chi connectivity index (χ3v) is 2.01. The fourth-order valence-corrected chi connectivity index (χ4v) is 1.58. The van der Waals surface area contributed by atoms with E-state index in [1.165, 1.54) is 0 Å². The molecule has 0 aliphatic carbocycles. The molecule has 50 valence electrons. The lowest BCUT2D eigenvalue weighted by Gasteiger charge is -2.17. The van der Waals surface area contributed by atoms with Crippen molar-refractivity contribution in [2.24, 2.45) is 0 Å². The van der Waals surface area contributed by atoms with Crippen molar-refractivity contribution in [3.63, 3.8) is 0 Å². The Hall–Kier alpha value is 0.190. The van der Waals surface area contributed by atoms with Gasteiger partial charge in [-0.3, -0.25) is 13.3 Å². The average Bonchev–Trinajstić information content (AvgIpc) is 1.82. The summed E-state index contributed by atoms with van der Waals surface area (Å²) in [5.41, 5.74) is 0. The minimum Gasteiger partial charge on any atom is -0.296 e. The van der Waals surface area contributed by atoms with E-state index >= 15 is 0 Å². The highest BCUT2D eigenvalue weighted by molar-refractivity contribution is 8.18. The van der Waals surface area contributed by atoms with Gasteiger partial charge in [-0.1, -0.05) is 0 Å². The molecule has 1 aliphatic heterocycles. The topological polar surface area (TPSA) is 61.7 Å². The quantitative estimate of drug-likeness (QED) is 0.459. The first-order valence-corrected chi connectivity index (χ1v) is 3.77. The standard InChI is InChI=1S/C3H9NO3S/c1-3-2-7-8(5,6)4-3/h3-6H,2H2,1H3. The Balaban J connectivity index is 2.44. The molecular formula is C3H9NO3S. The lowest BCUT2D eigenvalue weighted by atomic mass is 10.4. The zero-order valence-corrected chi connectivity index (χ0v) is 5.31. The van der Waals surface area contributed by atoms with E-state index in [2.05, 4.69) is 8.91 Å². The van der Waals surface area contributed by atoms with Gasteiger partial charge in [-0.25, -0.2) is 4.72 Å². The SMILES string of the molecule is CC1COS(O)(O)N1. The molecule has 4 nitrogen and oxygen atoms in total. The second kappa shape index (κ2) is 1.85. The molecule has 0 bridgehead atoms. The van der Waals surface area contributed by atoms with Crippen molar-refractivity contribution in [3.05, 3.63) is 0 Å². The van der Waals surface area contributed by atoms with Gasteiger partial charge in [-0.15, -0.1) is 0 Å². The number of rotatable bonds is 0. The Kier molecular flexibility index (Phi) is 1.46. The van der Waals surface area contributed by atoms with Gasteiger partial charge >= 0.3 is 0 Å². The van der Waals surface area contributed by atoms with Gasteiger partial charge in [0, 0.05) is 6.04 Å². The maximum atomic E-state index is 8.67. The Morgan fingerprint density at radius 3 is 2.50 bits per heavy atom. The van der Waals surface area contributed by atoms with Gasteiger partial charge in [0.15, 0.2) is 11.1 Å². The second-order valence-corrected chi connectivity index (χ2v) is 3.26. The lowest BCUT2D eigenvalue weighted by Crippen LogP contribution is -2.20. The Morgan fingerprint density at radius 2 is 2.38 bits per heavy atom. The molecule has 5 heteroatoms. The first-order chi connectivity index (χ1) is 3.60. The summed E-state index contributed by atoms with van der Waals surface area (Å²) in [5.74, 6) is 0. The highest BCUT2D eigenvalue weighted by atomic mass is 32.3. The van der Waals surface area contributed by atoms with Crippen LogP contribution in [0.3, 0.4) is 0 Å². The van der Waals surface area contributed by atoms with Crippen LogP contribution in [0.5, 0.6) is 0 Å². The molecule has 0 spiro atoms. The van der Waals surface area contributed by atoms with Crippen LogP contribution < -0.4 is 4.72 Å². The van der Waals surface area contributed by atoms with Crippen LogP contribution in [0.1, 0.15) is 6.92 Å². The number of hydrogen-bond donors (Lipinski definition) is 3. The Bertz CT molecular complexity index is 96.5. The van der Waals surface area contributed by atoms with E-state index < -0.39 is 11.1 Å². The molecule has 0 aromatic rings. The van der Waals surface area contributed by atoms with Crippen molar-refractivity contribution in [2.45, 2.75) is 13.0 Å². The number of hydrogen-bond acceptors (Lipinski definition) is 4. The lowest BCUT2D eigenvalue weighted by molar-refractivity contribution is 0.293. The van der Waals surface area contributed by atoms with Gasteiger partial charge in [-0.05, 0) is 6.92 Å². The average molecular weight is 139 g/mol. The molecule has 3 N–H and O–H groups in total. The summed E-state index contributed by atoms with van der Waals surface area (Å²) in [5, 5.41) is 0. The zero-order chi connectivity index (χ0) is 6.20. The molecule has 0 aromatic heterocycles. The number of nitrogens with one attached hydrogen (secondary N) is 1. The summed E-state index contributed by atoms with van der Waals surface area (Å²) in [4.78, 5) is 0. The molecule has 0 amide bonds. The van der Waals surface area contributed by atoms with Crippen LogP contribution in [0.4, 0.5) is 0 Å². The summed E-state index contributed by atoms with van der Waals surface area (Å²) in [7, 11) is 0. The maximum absolute atomic E-state index is 8.67. The van der Waals surface area contributed by atoms with Crippen LogP contribution in [0.25, 0.3) is 0 Å². The molecule has 1 rings (SSSR count). The van der Waals surface area contributed by atoms with Gasteiger partial charge in [0.2, 0.25) is 0 Å². The molecule has 0 aromatic carbocycles. The first-order valence-electron chi connectivity index (χ1n) is 2.30. The van der Waals surface area contributed by atoms with Crippen molar-refractivity contribution in [2.75, 3.05) is 6.61 Å². The smallest absolute Gasteiger partial charge is 0.155 e. The normalized spacial score (nSPS) is 39.6. The third kappa shape index (κ3) is 1.33. The molecule has 1 fully saturated rings. The van der Waals surface area contributed by atoms with Crippen molar-refractivity contribution < 1.29 is 13.3 Å². The summed E-state index contributed by atoms with van der Waals surface area (Å²) in [6, 6.07) is 0.0556. The van der Waals surface area contributed by atoms with Crippen LogP contribution in [0, 0.1) is 0 Å². The van der Waals surface area contributed by atoms with Crippen molar-refractivity contribution in [1.82, 2.24) is 4.72 Å². The van der Waals surface area contributed by atoms with E-state index in [0.717, 1.165) is 0 Å². The van der Waals surface area contributed by atoms with Crippen LogP contribution in [0.15, 0.2) is 0 Å². The molecule has 1 saturated heterocycles. The molecule has 1 atom stereocenters. The van der Waals surface area contributed by atoms with Crippen LogP contribution in [-0.2, 0) is 4.18 Å². The van der Waals surface area contributed by atoms with Crippen LogP contribution in [0.2, 0.25) is 0 Å². The van der Waals surface area contributed by atoms with Gasteiger partial charge in [0.05, 0.1) is 6.61 Å². The Morgan fingerprint density at radius 1 is 1.75 bits per heavy atom. The van der Waals surface area contributed by atoms with Crippen molar-refractivity contribution >= 4 is 11.1 Å². The fourth-order valence-electron chi connectivity index (χ4n) is 0.527. The molecule has 8 heavy (non-hydrogen) atoms. The predicted molar refractivity (Wildman–Crippen MR) is 31.4 cm³/mol. The molecule has 1 heterocycles. The zero-order valence-electron chi connectivity index (χ0n) is 4.50. The second-order valence-electron chi connectivity index (χ2n) is 1.80. The van der Waals surface area contributed by atoms with Crippen molar-refractivity contribution in [1.29, 1.82) is 0 Å². The highest BCUT2D eigenvalue weighted by Gasteiger charge is 2.28. The summed E-state index contributed by atoms with van der Waals surface area (Å²) < 4.78 is 24.3. The molecular weight excluding hydrogens is 130 g/mol. The summed E-state index contributed by atoms with van der Waals surface area (Å²) >= 11 is -2.85. The molecule has 0 saturated carbocycles. The minimum absolute atomic E-state index is 0.0556. The van der Waals surface area contributed by atoms with Gasteiger partial charge < -0.3 is 0 Å². The molecule has 1 aliphatic rings. The molecule has 1 unspecified atom stereocenters. The van der Waals surface area contributed by atoms with Gasteiger partial charge in [-0.2, -0.15) is 0 Å². The fraction of sp³-hybridized carbons (Fsp3) is 1.00. The largest absolute Gasteiger partial charge is 0.296 e. The van der Waals surface area contributed by atoms with Crippen LogP contribution in [-0.4, -0.2) is 21.8 Å². The maximum Gasteiger partial charge on any atom is 0.155 e. The van der Waals surface area contributed by atoms with Crippen LogP contribution >= 0.6 is 11.1 Å². The van der Waals surface area contributed by atoms with Gasteiger partial charge in [0.1, 0.15) is 0 Å². The van der Waals surface area contributed by atoms with E-state index in [-0.39, 0.29) is 6.04 Å². The minimum atomic E-state index is -2.85. The third-order valence-electron chi connectivity index (χ3n) is 0.837. The van der Waals surface area contributed by atoms with E-state index in [1.54, 1.807) is 0 Å². The van der Waals surface area contributed by atoms with E-state index in [1.807, 2.05) is 6.92 Å². The highest BCUT2D eigenvalue weighted by Crippen LogP contribution is 2.39. The molecule has 0 radical (unpaired) electrons. The summed E-state index contributed by atoms with van der Waals surface area (Å²) in [6.07, 6.45) is 0. The Labute approximate surface area is 49.5 Å². The monoisotopic (exact) mass is 139 g/mol. The van der Waals surface area contributed by atoms with E-state index in [9.17, 15) is 0 Å². The van der Waals surface area contributed by atoms with Gasteiger partial charge in [0.25, 0.3) is 0 Å². The van der Waals surface area contributed by atoms with E-state index in [0.29, 0.717) is 6.61 Å². The summed E-state index contributed by atoms with van der Waals surface area (Å²) in [6.45, 7) is 2.20. The first kappa shape index (κ1) is 6.31. The predicted octanol–water partition coefficient (Wildman–Crippen LogP) is 0.575. The van der Waals surface area contributed by atoms with Crippen molar-refractivity contribution in [3.8, 4) is 0 Å². The van der Waals surface area contributed by atoms with E-state index in [4.69, 9.17) is 9.11 Å².